The molecule has 2 aromatic carbocycles. The van der Waals surface area contributed by atoms with Crippen molar-refractivity contribution in [3.05, 3.63) is 76.8 Å². The van der Waals surface area contributed by atoms with Crippen molar-refractivity contribution in [3.63, 3.8) is 0 Å². The minimum absolute atomic E-state index is 0.147. The van der Waals surface area contributed by atoms with Crippen LogP contribution in [0.3, 0.4) is 0 Å². The summed E-state index contributed by atoms with van der Waals surface area (Å²) >= 11 is 14.3. The van der Waals surface area contributed by atoms with Gasteiger partial charge in [0.15, 0.2) is 11.0 Å². The number of halogens is 2. The van der Waals surface area contributed by atoms with Gasteiger partial charge in [-0.1, -0.05) is 55.1 Å². The fourth-order valence-corrected chi connectivity index (χ4v) is 6.80. The lowest BCUT2D eigenvalue weighted by Crippen LogP contribution is -2.28. The zero-order valence-corrected chi connectivity index (χ0v) is 27.1. The van der Waals surface area contributed by atoms with E-state index in [9.17, 15) is 9.32 Å². The lowest BCUT2D eigenvalue weighted by Gasteiger charge is -2.26. The molecule has 3 aromatic rings. The third kappa shape index (κ3) is 12.4. The monoisotopic (exact) mass is 636 g/mol. The van der Waals surface area contributed by atoms with Gasteiger partial charge in [-0.25, -0.2) is 9.19 Å². The number of benzene rings is 2. The van der Waals surface area contributed by atoms with Gasteiger partial charge in [-0.05, 0) is 74.4 Å². The topological polar surface area (TPSA) is 61.6 Å². The van der Waals surface area contributed by atoms with E-state index in [1.165, 1.54) is 12.8 Å². The number of terminal acetylenes is 1. The number of hydrogen-bond acceptors (Lipinski definition) is 5. The summed E-state index contributed by atoms with van der Waals surface area (Å²) in [5.74, 6) is 1.86. The summed E-state index contributed by atoms with van der Waals surface area (Å²) < 4.78 is 20.1. The molecule has 0 radical (unpaired) electrons. The molecule has 0 amide bonds. The van der Waals surface area contributed by atoms with E-state index in [-0.39, 0.29) is 6.61 Å². The Morgan fingerprint density at radius 2 is 1.76 bits per heavy atom. The highest BCUT2D eigenvalue weighted by atomic mass is 35.5. The number of hydrogen-bond donors (Lipinski definition) is 1. The smallest absolute Gasteiger partial charge is 0.152 e. The zero-order valence-electron chi connectivity index (χ0n) is 24.0. The van der Waals surface area contributed by atoms with Gasteiger partial charge in [-0.15, -0.1) is 12.8 Å². The number of unbranched alkanes of at least 4 members (excludes halogenated alkanes) is 1. The van der Waals surface area contributed by atoms with Crippen LogP contribution in [-0.4, -0.2) is 48.6 Å². The van der Waals surface area contributed by atoms with Crippen LogP contribution >= 0.6 is 35.1 Å². The van der Waals surface area contributed by atoms with Gasteiger partial charge in [-0.3, -0.25) is 8.61 Å². The summed E-state index contributed by atoms with van der Waals surface area (Å²) in [4.78, 5) is 4.79. The Bertz CT molecular complexity index is 1170. The maximum absolute atomic E-state index is 13.6. The van der Waals surface area contributed by atoms with E-state index >= 15 is 0 Å². The summed E-state index contributed by atoms with van der Waals surface area (Å²) in [5, 5.41) is 11.1. The first kappa shape index (κ1) is 35.2. The van der Waals surface area contributed by atoms with Gasteiger partial charge in [0.25, 0.3) is 0 Å². The highest BCUT2D eigenvalue weighted by Gasteiger charge is 2.24. The van der Waals surface area contributed by atoms with Gasteiger partial charge in [0.05, 0.1) is 23.5 Å². The minimum atomic E-state index is -1.45. The number of anilines is 1. The van der Waals surface area contributed by atoms with Crippen molar-refractivity contribution in [2.45, 2.75) is 64.0 Å². The van der Waals surface area contributed by atoms with Crippen molar-refractivity contribution in [2.75, 3.05) is 29.7 Å². The minimum Gasteiger partial charge on any atom is -0.392 e. The molecule has 1 unspecified atom stereocenters. The predicted octanol–water partition coefficient (Wildman–Crippen LogP) is 7.72. The molecule has 1 aliphatic rings. The van der Waals surface area contributed by atoms with E-state index in [1.54, 1.807) is 42.5 Å². The van der Waals surface area contributed by atoms with Gasteiger partial charge in [0.2, 0.25) is 0 Å². The van der Waals surface area contributed by atoms with E-state index in [0.717, 1.165) is 50.6 Å². The quantitative estimate of drug-likeness (QED) is 0.0991. The normalized spacial score (nSPS) is 13.1. The third-order valence-corrected chi connectivity index (χ3v) is 9.38. The standard InChI is InChI=1S/C27H34Cl2N4O2S2.C2H6.C2H2/c28-24-8-10-26(11-9-24)37(35)33(27-18-25(29)7-6-23(27)20-34)15-1-2-17-36-32(19-22-4-5-22)14-3-13-31-16-12-30-21-31;2*1-2/h6-12,16,18,21-22,34H,1-5,13-15,17,19-20H2;1-2H3;1-2H. The molecule has 1 atom stereocenters. The van der Waals surface area contributed by atoms with Crippen LogP contribution in [0.5, 0.6) is 0 Å². The van der Waals surface area contributed by atoms with E-state index in [4.69, 9.17) is 23.2 Å². The molecule has 1 heterocycles. The summed E-state index contributed by atoms with van der Waals surface area (Å²) in [5.41, 5.74) is 1.40. The molecule has 1 N–H and O–H groups in total. The fourth-order valence-electron chi connectivity index (χ4n) is 4.07. The Morgan fingerprint density at radius 1 is 1.05 bits per heavy atom. The largest absolute Gasteiger partial charge is 0.392 e. The van der Waals surface area contributed by atoms with Gasteiger partial charge in [-0.2, -0.15) is 0 Å². The molecule has 224 valence electrons. The Kier molecular flexibility index (Phi) is 17.2. The van der Waals surface area contributed by atoms with Crippen LogP contribution in [0.1, 0.15) is 51.5 Å². The molecule has 1 aromatic heterocycles. The van der Waals surface area contributed by atoms with Crippen LogP contribution in [0.2, 0.25) is 10.0 Å². The van der Waals surface area contributed by atoms with E-state index in [1.807, 2.05) is 48.8 Å². The number of aryl methyl sites for hydroxylation is 1. The van der Waals surface area contributed by atoms with Crippen LogP contribution in [0, 0.1) is 18.8 Å². The van der Waals surface area contributed by atoms with Crippen molar-refractivity contribution in [2.24, 2.45) is 5.92 Å². The second-order valence-corrected chi connectivity index (χ2v) is 12.7. The van der Waals surface area contributed by atoms with Crippen molar-refractivity contribution >= 4 is 51.8 Å². The van der Waals surface area contributed by atoms with Crippen LogP contribution in [0.25, 0.3) is 0 Å². The van der Waals surface area contributed by atoms with E-state index in [0.29, 0.717) is 32.7 Å². The molecule has 10 heteroatoms. The Morgan fingerprint density at radius 3 is 2.39 bits per heavy atom. The third-order valence-electron chi connectivity index (χ3n) is 6.27. The van der Waals surface area contributed by atoms with Gasteiger partial charge < -0.3 is 9.67 Å². The Hall–Kier alpha value is -1.99. The van der Waals surface area contributed by atoms with Gasteiger partial charge >= 0.3 is 0 Å². The van der Waals surface area contributed by atoms with Crippen LogP contribution in [0.4, 0.5) is 5.69 Å². The Labute approximate surface area is 263 Å². The predicted molar refractivity (Wildman–Crippen MR) is 177 cm³/mol. The number of aromatic nitrogens is 2. The van der Waals surface area contributed by atoms with Gasteiger partial charge in [0.1, 0.15) is 0 Å². The molecule has 0 aliphatic heterocycles. The molecular weight excluding hydrogens is 595 g/mol. The molecule has 6 nitrogen and oxygen atoms in total. The maximum atomic E-state index is 13.6. The number of aliphatic hydroxyl groups excluding tert-OH is 1. The SMILES string of the molecule is C#C.CC.O=S(c1ccc(Cl)cc1)N(CCCCSN(CCCn1ccnc1)CC1CC1)c1cc(Cl)ccc1CO. The molecule has 41 heavy (non-hydrogen) atoms. The zero-order chi connectivity index (χ0) is 30.0. The van der Waals surface area contributed by atoms with Crippen LogP contribution < -0.4 is 4.31 Å². The summed E-state index contributed by atoms with van der Waals surface area (Å²) in [7, 11) is -1.45. The van der Waals surface area contributed by atoms with E-state index in [2.05, 4.69) is 26.7 Å². The Balaban J connectivity index is 0.00000141. The van der Waals surface area contributed by atoms with Crippen molar-refractivity contribution in [1.29, 1.82) is 0 Å². The number of rotatable bonds is 16. The molecule has 1 saturated carbocycles. The maximum Gasteiger partial charge on any atom is 0.152 e. The van der Waals surface area contributed by atoms with Crippen LogP contribution in [-0.2, 0) is 24.1 Å². The number of nitrogens with zero attached hydrogens (tertiary/aromatic N) is 4. The molecule has 1 fully saturated rings. The molecule has 0 spiro atoms. The molecule has 0 bridgehead atoms. The molecular formula is C31H42Cl2N4O2S2. The van der Waals surface area contributed by atoms with Crippen molar-refractivity contribution in [1.82, 2.24) is 13.9 Å². The lowest BCUT2D eigenvalue weighted by atomic mass is 10.2. The number of imidazole rings is 1. The van der Waals surface area contributed by atoms with E-state index < -0.39 is 11.0 Å². The van der Waals surface area contributed by atoms with Crippen LogP contribution in [0.15, 0.2) is 66.1 Å². The highest BCUT2D eigenvalue weighted by Crippen LogP contribution is 2.32. The second kappa shape index (κ2) is 20.0. The highest BCUT2D eigenvalue weighted by molar-refractivity contribution is 7.97. The fraction of sp³-hybridized carbons (Fsp3) is 0.452. The average Bonchev–Trinajstić information content (AvgIpc) is 3.67. The first-order valence-electron chi connectivity index (χ1n) is 14.0. The summed E-state index contributed by atoms with van der Waals surface area (Å²) in [6.07, 6.45) is 19.4. The molecule has 0 saturated heterocycles. The van der Waals surface area contributed by atoms with Gasteiger partial charge in [0, 0.05) is 59.9 Å². The molecule has 1 aliphatic carbocycles. The second-order valence-electron chi connectivity index (χ2n) is 9.26. The average molecular weight is 638 g/mol. The van der Waals surface area contributed by atoms with Crippen molar-refractivity contribution < 1.29 is 9.32 Å². The summed E-state index contributed by atoms with van der Waals surface area (Å²) in [6.45, 7) is 7.65. The first-order valence-corrected chi connectivity index (χ1v) is 16.8. The number of aliphatic hydroxyl groups is 1. The lowest BCUT2D eigenvalue weighted by molar-refractivity contribution is 0.282. The summed E-state index contributed by atoms with van der Waals surface area (Å²) in [6, 6.07) is 12.4. The molecule has 4 rings (SSSR count). The van der Waals surface area contributed by atoms with Crippen molar-refractivity contribution in [3.8, 4) is 12.8 Å². The first-order chi connectivity index (χ1) is 20.0.